The molecule has 1 aliphatic carbocycles. The fraction of sp³-hybridized carbons (Fsp3) is 0.533. The molecule has 0 saturated heterocycles. The quantitative estimate of drug-likeness (QED) is 0.522. The van der Waals surface area contributed by atoms with Gasteiger partial charge in [0.25, 0.3) is 0 Å². The Bertz CT molecular complexity index is 668. The summed E-state index contributed by atoms with van der Waals surface area (Å²) < 4.78 is 0. The number of nitrogens with two attached hydrogens (primary N) is 1. The van der Waals surface area contributed by atoms with E-state index in [9.17, 15) is 4.79 Å². The van der Waals surface area contributed by atoms with Crippen LogP contribution in [-0.4, -0.2) is 21.6 Å². The highest BCUT2D eigenvalue weighted by atomic mass is 32.2. The van der Waals surface area contributed by atoms with Crippen LogP contribution in [0.1, 0.15) is 36.6 Å². The molecular formula is C15H19N3OS2. The molecule has 2 N–H and O–H groups in total. The first kappa shape index (κ1) is 14.8. The van der Waals surface area contributed by atoms with Crippen LogP contribution in [0, 0.1) is 5.92 Å². The number of hydrogen-bond donors (Lipinski definition) is 1. The Kier molecular flexibility index (Phi) is 4.45. The lowest BCUT2D eigenvalue weighted by molar-refractivity contribution is -0.118. The van der Waals surface area contributed by atoms with Crippen LogP contribution in [0.3, 0.4) is 0 Å². The average molecular weight is 321 g/mol. The van der Waals surface area contributed by atoms with Crippen molar-refractivity contribution in [1.29, 1.82) is 0 Å². The van der Waals surface area contributed by atoms with Gasteiger partial charge in [0.1, 0.15) is 16.2 Å². The van der Waals surface area contributed by atoms with Gasteiger partial charge < -0.3 is 5.73 Å². The second kappa shape index (κ2) is 6.32. The van der Waals surface area contributed by atoms with Crippen molar-refractivity contribution in [2.45, 2.75) is 44.1 Å². The maximum atomic E-state index is 10.8. The van der Waals surface area contributed by atoms with Crippen molar-refractivity contribution in [1.82, 2.24) is 9.97 Å². The Balaban J connectivity index is 1.84. The number of fused-ring (bicyclic) bond motifs is 3. The highest BCUT2D eigenvalue weighted by Crippen LogP contribution is 2.40. The molecule has 0 aliphatic heterocycles. The van der Waals surface area contributed by atoms with E-state index in [1.165, 1.54) is 28.7 Å². The second-order valence-corrected chi connectivity index (χ2v) is 7.80. The molecule has 2 heterocycles. The molecule has 0 fully saturated rings. The van der Waals surface area contributed by atoms with Gasteiger partial charge in [-0.3, -0.25) is 4.79 Å². The van der Waals surface area contributed by atoms with E-state index < -0.39 is 0 Å². The SMILES string of the molecule is CC1CCc2c(sc3ncnc(SCCCC(N)=O)c23)C1. The molecule has 0 spiro atoms. The predicted octanol–water partition coefficient (Wildman–Crippen LogP) is 3.17. The van der Waals surface area contributed by atoms with Gasteiger partial charge >= 0.3 is 0 Å². The Hall–Kier alpha value is -1.14. The third-order valence-electron chi connectivity index (χ3n) is 3.86. The zero-order chi connectivity index (χ0) is 14.8. The van der Waals surface area contributed by atoms with E-state index in [-0.39, 0.29) is 5.91 Å². The summed E-state index contributed by atoms with van der Waals surface area (Å²) in [5, 5.41) is 2.32. The predicted molar refractivity (Wildman–Crippen MR) is 87.8 cm³/mol. The van der Waals surface area contributed by atoms with Crippen molar-refractivity contribution in [3.63, 3.8) is 0 Å². The zero-order valence-electron chi connectivity index (χ0n) is 12.1. The fourth-order valence-electron chi connectivity index (χ4n) is 2.77. The maximum absolute atomic E-state index is 10.8. The molecule has 21 heavy (non-hydrogen) atoms. The average Bonchev–Trinajstić information content (AvgIpc) is 2.81. The van der Waals surface area contributed by atoms with Crippen LogP contribution in [0.4, 0.5) is 0 Å². The van der Waals surface area contributed by atoms with Crippen LogP contribution in [0.2, 0.25) is 0 Å². The number of nitrogens with zero attached hydrogens (tertiary/aromatic N) is 2. The first-order valence-electron chi connectivity index (χ1n) is 7.31. The Labute approximate surface area is 132 Å². The number of carbonyl (C=O) groups excluding carboxylic acids is 1. The molecule has 4 nitrogen and oxygen atoms in total. The largest absolute Gasteiger partial charge is 0.370 e. The summed E-state index contributed by atoms with van der Waals surface area (Å²) >= 11 is 3.54. The van der Waals surface area contributed by atoms with Crippen LogP contribution in [0.25, 0.3) is 10.2 Å². The van der Waals surface area contributed by atoms with Crippen LogP contribution in [0.5, 0.6) is 0 Å². The highest BCUT2D eigenvalue weighted by molar-refractivity contribution is 7.99. The summed E-state index contributed by atoms with van der Waals surface area (Å²) in [7, 11) is 0. The molecular weight excluding hydrogens is 302 g/mol. The Morgan fingerprint density at radius 1 is 1.52 bits per heavy atom. The standard InChI is InChI=1S/C15H19N3OS2/c1-9-4-5-10-11(7-9)21-15-13(10)14(17-8-18-15)20-6-2-3-12(16)19/h8-9H,2-7H2,1H3,(H2,16,19). The number of thiophene rings is 1. The number of primary amides is 1. The van der Waals surface area contributed by atoms with Gasteiger partial charge in [-0.15, -0.1) is 23.1 Å². The van der Waals surface area contributed by atoms with Crippen molar-refractivity contribution in [3.8, 4) is 0 Å². The molecule has 1 amide bonds. The Morgan fingerprint density at radius 3 is 3.19 bits per heavy atom. The topological polar surface area (TPSA) is 68.9 Å². The number of hydrogen-bond acceptors (Lipinski definition) is 5. The summed E-state index contributed by atoms with van der Waals surface area (Å²) in [6.07, 6.45) is 6.46. The number of amides is 1. The van der Waals surface area contributed by atoms with Crippen molar-refractivity contribution in [2.24, 2.45) is 11.7 Å². The lowest BCUT2D eigenvalue weighted by Gasteiger charge is -2.18. The third-order valence-corrected chi connectivity index (χ3v) is 6.10. The lowest BCUT2D eigenvalue weighted by atomic mass is 9.89. The summed E-state index contributed by atoms with van der Waals surface area (Å²) in [4.78, 5) is 22.3. The van der Waals surface area contributed by atoms with Gasteiger partial charge in [-0.05, 0) is 37.2 Å². The third kappa shape index (κ3) is 3.21. The summed E-state index contributed by atoms with van der Waals surface area (Å²) in [5.41, 5.74) is 6.64. The van der Waals surface area contributed by atoms with Crippen LogP contribution >= 0.6 is 23.1 Å². The van der Waals surface area contributed by atoms with Crippen molar-refractivity contribution >= 4 is 39.2 Å². The molecule has 2 aromatic heterocycles. The molecule has 0 bridgehead atoms. The van der Waals surface area contributed by atoms with Gasteiger partial charge in [0, 0.05) is 22.4 Å². The van der Waals surface area contributed by atoms with Gasteiger partial charge in [0.2, 0.25) is 5.91 Å². The molecule has 2 aromatic rings. The van der Waals surface area contributed by atoms with E-state index in [2.05, 4.69) is 16.9 Å². The van der Waals surface area contributed by atoms with E-state index in [1.54, 1.807) is 18.1 Å². The van der Waals surface area contributed by atoms with E-state index in [4.69, 9.17) is 5.73 Å². The molecule has 6 heteroatoms. The van der Waals surface area contributed by atoms with Gasteiger partial charge in [-0.25, -0.2) is 9.97 Å². The van der Waals surface area contributed by atoms with Crippen LogP contribution in [-0.2, 0) is 17.6 Å². The minimum absolute atomic E-state index is 0.231. The Morgan fingerprint density at radius 2 is 2.38 bits per heavy atom. The molecule has 1 aliphatic rings. The van der Waals surface area contributed by atoms with Crippen LogP contribution in [0.15, 0.2) is 11.4 Å². The second-order valence-electron chi connectivity index (χ2n) is 5.63. The summed E-state index contributed by atoms with van der Waals surface area (Å²) in [5.74, 6) is 1.41. The first-order valence-corrected chi connectivity index (χ1v) is 9.11. The van der Waals surface area contributed by atoms with E-state index >= 15 is 0 Å². The van der Waals surface area contributed by atoms with Crippen LogP contribution < -0.4 is 5.73 Å². The molecule has 1 unspecified atom stereocenters. The summed E-state index contributed by atoms with van der Waals surface area (Å²) in [6, 6.07) is 0. The van der Waals surface area contributed by atoms with Crippen molar-refractivity contribution < 1.29 is 4.79 Å². The maximum Gasteiger partial charge on any atom is 0.217 e. The molecule has 0 saturated carbocycles. The first-order chi connectivity index (χ1) is 10.1. The lowest BCUT2D eigenvalue weighted by Crippen LogP contribution is -2.10. The molecule has 1 atom stereocenters. The van der Waals surface area contributed by atoms with Crippen molar-refractivity contribution in [3.05, 3.63) is 16.8 Å². The monoisotopic (exact) mass is 321 g/mol. The van der Waals surface area contributed by atoms with Gasteiger partial charge in [-0.2, -0.15) is 0 Å². The molecule has 0 radical (unpaired) electrons. The van der Waals surface area contributed by atoms with Gasteiger partial charge in [0.15, 0.2) is 0 Å². The fourth-order valence-corrected chi connectivity index (χ4v) is 5.15. The summed E-state index contributed by atoms with van der Waals surface area (Å²) in [6.45, 7) is 2.32. The number of aryl methyl sites for hydroxylation is 1. The molecule has 112 valence electrons. The zero-order valence-corrected chi connectivity index (χ0v) is 13.7. The number of carbonyl (C=O) groups is 1. The number of rotatable bonds is 5. The smallest absolute Gasteiger partial charge is 0.217 e. The molecule has 0 aromatic carbocycles. The van der Waals surface area contributed by atoms with Gasteiger partial charge in [-0.1, -0.05) is 6.92 Å². The van der Waals surface area contributed by atoms with Gasteiger partial charge in [0.05, 0.1) is 0 Å². The normalized spacial score (nSPS) is 17.9. The van der Waals surface area contributed by atoms with E-state index in [1.807, 2.05) is 11.3 Å². The molecule has 3 rings (SSSR count). The minimum Gasteiger partial charge on any atom is -0.370 e. The van der Waals surface area contributed by atoms with E-state index in [0.29, 0.717) is 6.42 Å². The number of thioether (sulfide) groups is 1. The minimum atomic E-state index is -0.231. The number of aromatic nitrogens is 2. The highest BCUT2D eigenvalue weighted by Gasteiger charge is 2.22. The van der Waals surface area contributed by atoms with Crippen molar-refractivity contribution in [2.75, 3.05) is 5.75 Å². The van der Waals surface area contributed by atoms with E-state index in [0.717, 1.165) is 34.4 Å².